The van der Waals surface area contributed by atoms with Gasteiger partial charge >= 0.3 is 11.8 Å². The molecular weight excluding hydrogens is 488 g/mol. The number of anilines is 1. The fourth-order valence-electron chi connectivity index (χ4n) is 2.54. The Kier molecular flexibility index (Phi) is 6.30. The Hall–Kier alpha value is -2.76. The van der Waals surface area contributed by atoms with Crippen molar-refractivity contribution in [2.24, 2.45) is 0 Å². The number of carbonyl (C=O) groups excluding carboxylic acids is 2. The molecule has 0 aliphatic rings. The summed E-state index contributed by atoms with van der Waals surface area (Å²) in [5.41, 5.74) is 1.32. The van der Waals surface area contributed by atoms with E-state index in [2.05, 4.69) is 26.3 Å². The molecule has 0 spiro atoms. The summed E-state index contributed by atoms with van der Waals surface area (Å²) in [7, 11) is 1.24. The molecule has 0 bridgehead atoms. The number of methoxy groups -OCH3 is 1. The van der Waals surface area contributed by atoms with Gasteiger partial charge in [0.15, 0.2) is 0 Å². The third kappa shape index (κ3) is 4.47. The summed E-state index contributed by atoms with van der Waals surface area (Å²) in [5.74, 6) is -1.55. The highest BCUT2D eigenvalue weighted by atomic mass is 79.9. The third-order valence-electron chi connectivity index (χ3n) is 3.78. The summed E-state index contributed by atoms with van der Waals surface area (Å²) < 4.78 is 6.14. The van der Waals surface area contributed by atoms with Gasteiger partial charge in [0.1, 0.15) is 21.6 Å². The summed E-state index contributed by atoms with van der Waals surface area (Å²) >= 11 is 10.4. The third-order valence-corrected chi connectivity index (χ3v) is 5.56. The maximum Gasteiger partial charge on any atom is 0.404 e. The zero-order valence-corrected chi connectivity index (χ0v) is 17.9. The molecule has 1 N–H and O–H groups in total. The molecule has 0 atom stereocenters. The van der Waals surface area contributed by atoms with Gasteiger partial charge < -0.3 is 20.2 Å². The number of benzene rings is 1. The maximum absolute atomic E-state index is 12.4. The number of nitro groups is 1. The molecule has 3 rings (SSSR count). The molecular formula is C17H12BrClN4O5S. The number of esters is 1. The van der Waals surface area contributed by atoms with Crippen LogP contribution in [0, 0.1) is 10.1 Å². The van der Waals surface area contributed by atoms with E-state index in [1.54, 1.807) is 29.6 Å². The van der Waals surface area contributed by atoms with Crippen LogP contribution in [-0.2, 0) is 16.1 Å². The first-order valence-corrected chi connectivity index (χ1v) is 9.98. The Morgan fingerprint density at radius 3 is 2.72 bits per heavy atom. The van der Waals surface area contributed by atoms with Gasteiger partial charge in [0.05, 0.1) is 18.4 Å². The highest BCUT2D eigenvalue weighted by Gasteiger charge is 2.25. The van der Waals surface area contributed by atoms with Crippen LogP contribution in [0.5, 0.6) is 0 Å². The predicted octanol–water partition coefficient (Wildman–Crippen LogP) is 4.36. The molecule has 0 saturated heterocycles. The lowest BCUT2D eigenvalue weighted by Crippen LogP contribution is -2.20. The average molecular weight is 500 g/mol. The second-order valence-corrected chi connectivity index (χ2v) is 7.77. The van der Waals surface area contributed by atoms with Crippen molar-refractivity contribution in [2.75, 3.05) is 12.4 Å². The van der Waals surface area contributed by atoms with Crippen molar-refractivity contribution in [3.8, 4) is 11.1 Å². The molecule has 0 radical (unpaired) electrons. The summed E-state index contributed by atoms with van der Waals surface area (Å²) in [6, 6.07) is 6.99. The Bertz CT molecular complexity index is 1110. The fourth-order valence-corrected chi connectivity index (χ4v) is 4.20. The SMILES string of the molecule is COC(=O)c1c(-c2ccccc2Cl)csc1NC(=O)Cn1cc(Br)c([N+](=O)[O-])n1. The van der Waals surface area contributed by atoms with E-state index >= 15 is 0 Å². The van der Waals surface area contributed by atoms with Gasteiger partial charge in [0.25, 0.3) is 0 Å². The number of carbonyl (C=O) groups is 2. The Balaban J connectivity index is 1.88. The van der Waals surface area contributed by atoms with E-state index in [1.807, 2.05) is 0 Å². The van der Waals surface area contributed by atoms with Crippen LogP contribution in [0.25, 0.3) is 11.1 Å². The number of ether oxygens (including phenoxy) is 1. The standard InChI is InChI=1S/C17H12BrClN4O5S/c1-28-17(25)14-10(9-4-2-3-5-12(9)19)8-29-16(14)20-13(24)7-22-6-11(18)15(21-22)23(26)27/h2-6,8H,7H2,1H3,(H,20,24). The number of thiophene rings is 1. The van der Waals surface area contributed by atoms with Gasteiger partial charge in [0.2, 0.25) is 5.91 Å². The molecule has 1 aromatic carbocycles. The minimum absolute atomic E-state index is 0.155. The van der Waals surface area contributed by atoms with Crippen molar-refractivity contribution < 1.29 is 19.2 Å². The number of hydrogen-bond donors (Lipinski definition) is 1. The number of amides is 1. The van der Waals surface area contributed by atoms with Crippen molar-refractivity contribution >= 4 is 61.6 Å². The van der Waals surface area contributed by atoms with Crippen LogP contribution in [0.3, 0.4) is 0 Å². The topological polar surface area (TPSA) is 116 Å². The van der Waals surface area contributed by atoms with E-state index in [-0.39, 0.29) is 21.6 Å². The molecule has 0 saturated carbocycles. The molecule has 3 aromatic rings. The molecule has 29 heavy (non-hydrogen) atoms. The number of nitrogens with one attached hydrogen (secondary N) is 1. The summed E-state index contributed by atoms with van der Waals surface area (Å²) in [6.45, 7) is -0.285. The van der Waals surface area contributed by atoms with E-state index in [1.165, 1.54) is 13.3 Å². The van der Waals surface area contributed by atoms with Crippen LogP contribution in [0.2, 0.25) is 5.02 Å². The predicted molar refractivity (Wildman–Crippen MR) is 111 cm³/mol. The van der Waals surface area contributed by atoms with Crippen LogP contribution < -0.4 is 5.32 Å². The van der Waals surface area contributed by atoms with Gasteiger partial charge in [-0.15, -0.1) is 11.3 Å². The molecule has 2 heterocycles. The monoisotopic (exact) mass is 498 g/mol. The quantitative estimate of drug-likeness (QED) is 0.306. The van der Waals surface area contributed by atoms with E-state index in [9.17, 15) is 19.7 Å². The van der Waals surface area contributed by atoms with Gasteiger partial charge in [-0.1, -0.05) is 29.8 Å². The van der Waals surface area contributed by atoms with E-state index < -0.39 is 22.6 Å². The molecule has 0 aliphatic heterocycles. The largest absolute Gasteiger partial charge is 0.465 e. The smallest absolute Gasteiger partial charge is 0.404 e. The molecule has 12 heteroatoms. The molecule has 150 valence electrons. The Labute approximate surface area is 181 Å². The van der Waals surface area contributed by atoms with Crippen LogP contribution in [0.15, 0.2) is 40.3 Å². The van der Waals surface area contributed by atoms with E-state index in [4.69, 9.17) is 16.3 Å². The van der Waals surface area contributed by atoms with Crippen molar-refractivity contribution in [1.82, 2.24) is 9.78 Å². The number of rotatable bonds is 6. The van der Waals surface area contributed by atoms with Crippen molar-refractivity contribution in [3.05, 3.63) is 61.0 Å². The number of aromatic nitrogens is 2. The molecule has 1 amide bonds. The van der Waals surface area contributed by atoms with E-state index in [0.29, 0.717) is 16.1 Å². The van der Waals surface area contributed by atoms with Crippen molar-refractivity contribution in [3.63, 3.8) is 0 Å². The minimum atomic E-state index is -0.664. The Morgan fingerprint density at radius 1 is 1.38 bits per heavy atom. The average Bonchev–Trinajstić information content (AvgIpc) is 3.24. The molecule has 0 fully saturated rings. The summed E-state index contributed by atoms with van der Waals surface area (Å²) in [4.78, 5) is 35.0. The van der Waals surface area contributed by atoms with Gasteiger partial charge in [0, 0.05) is 21.5 Å². The second kappa shape index (κ2) is 8.72. The zero-order chi connectivity index (χ0) is 21.1. The molecule has 2 aromatic heterocycles. The minimum Gasteiger partial charge on any atom is -0.465 e. The van der Waals surface area contributed by atoms with Crippen LogP contribution in [0.4, 0.5) is 10.8 Å². The first-order chi connectivity index (χ1) is 13.8. The number of halogens is 2. The van der Waals surface area contributed by atoms with Gasteiger partial charge in [-0.3, -0.25) is 4.79 Å². The maximum atomic E-state index is 12.4. The van der Waals surface area contributed by atoms with Crippen molar-refractivity contribution in [1.29, 1.82) is 0 Å². The fraction of sp³-hybridized carbons (Fsp3) is 0.118. The van der Waals surface area contributed by atoms with Crippen molar-refractivity contribution in [2.45, 2.75) is 6.54 Å². The highest BCUT2D eigenvalue weighted by Crippen LogP contribution is 2.39. The first-order valence-electron chi connectivity index (χ1n) is 7.93. The normalized spacial score (nSPS) is 10.6. The van der Waals surface area contributed by atoms with Gasteiger partial charge in [-0.2, -0.15) is 4.68 Å². The summed E-state index contributed by atoms with van der Waals surface area (Å²) in [6.07, 6.45) is 1.32. The molecule has 0 unspecified atom stereocenters. The Morgan fingerprint density at radius 2 is 2.10 bits per heavy atom. The lowest BCUT2D eigenvalue weighted by molar-refractivity contribution is -0.390. The van der Waals surface area contributed by atoms with Gasteiger partial charge in [-0.05, 0) is 26.9 Å². The lowest BCUT2D eigenvalue weighted by atomic mass is 10.0. The van der Waals surface area contributed by atoms with Crippen LogP contribution >= 0.6 is 38.9 Å². The van der Waals surface area contributed by atoms with E-state index in [0.717, 1.165) is 16.0 Å². The highest BCUT2D eigenvalue weighted by molar-refractivity contribution is 9.10. The van der Waals surface area contributed by atoms with Crippen LogP contribution in [-0.4, -0.2) is 33.7 Å². The lowest BCUT2D eigenvalue weighted by Gasteiger charge is -2.08. The second-order valence-electron chi connectivity index (χ2n) is 5.63. The molecule has 9 nitrogen and oxygen atoms in total. The van der Waals surface area contributed by atoms with Gasteiger partial charge in [-0.25, -0.2) is 4.79 Å². The number of nitrogens with zero attached hydrogens (tertiary/aromatic N) is 3. The zero-order valence-electron chi connectivity index (χ0n) is 14.7. The molecule has 0 aliphatic carbocycles. The number of hydrogen-bond acceptors (Lipinski definition) is 7. The van der Waals surface area contributed by atoms with Crippen LogP contribution in [0.1, 0.15) is 10.4 Å². The summed E-state index contributed by atoms with van der Waals surface area (Å²) in [5, 5.41) is 19.6. The first kappa shape index (κ1) is 21.0.